The number of carbonyl (C=O) groups excluding carboxylic acids is 2. The van der Waals surface area contributed by atoms with Crippen LogP contribution in [0, 0.1) is 11.8 Å². The van der Waals surface area contributed by atoms with Crippen LogP contribution in [0.4, 0.5) is 5.69 Å². The molecule has 4 atom stereocenters. The molecule has 31 heavy (non-hydrogen) atoms. The van der Waals surface area contributed by atoms with Crippen molar-refractivity contribution in [3.05, 3.63) is 48.0 Å². The van der Waals surface area contributed by atoms with Crippen molar-refractivity contribution < 1.29 is 33.7 Å². The van der Waals surface area contributed by atoms with Gasteiger partial charge in [0, 0.05) is 11.6 Å². The van der Waals surface area contributed by atoms with Gasteiger partial charge in [0.05, 0.1) is 38.9 Å². The molecule has 2 amide bonds. The van der Waals surface area contributed by atoms with E-state index in [-0.39, 0.29) is 0 Å². The number of ether oxygens (including phenoxy) is 3. The summed E-state index contributed by atoms with van der Waals surface area (Å²) in [7, 11) is 4.38. The Labute approximate surface area is 178 Å². The number of methoxy groups -OCH3 is 3. The van der Waals surface area contributed by atoms with Crippen molar-refractivity contribution >= 4 is 23.5 Å². The van der Waals surface area contributed by atoms with Crippen LogP contribution >= 0.6 is 0 Å². The van der Waals surface area contributed by atoms with E-state index < -0.39 is 41.7 Å². The Morgan fingerprint density at radius 3 is 2.13 bits per heavy atom. The molecular weight excluding hydrogens is 404 g/mol. The quantitative estimate of drug-likeness (QED) is 0.670. The third-order valence-corrected chi connectivity index (χ3v) is 5.83. The number of para-hydroxylation sites is 1. The van der Waals surface area contributed by atoms with Crippen molar-refractivity contribution in [3.8, 4) is 17.2 Å². The van der Waals surface area contributed by atoms with E-state index >= 15 is 0 Å². The van der Waals surface area contributed by atoms with Crippen LogP contribution in [0.25, 0.3) is 0 Å². The number of aliphatic carboxylic acids is 1. The molecule has 2 fully saturated rings. The third-order valence-electron chi connectivity index (χ3n) is 5.83. The predicted molar refractivity (Wildman–Crippen MR) is 109 cm³/mol. The molecule has 9 heteroatoms. The SMILES string of the molecule is COc1ccc([C@@H]2N[C@H](C(=O)O)[C@H]3C(=O)N(c4ccccc4)C(=O)[C@@H]32)c(OC)c1OC. The number of rotatable bonds is 6. The first-order chi connectivity index (χ1) is 14.9. The Morgan fingerprint density at radius 1 is 0.903 bits per heavy atom. The summed E-state index contributed by atoms with van der Waals surface area (Å²) >= 11 is 0. The lowest BCUT2D eigenvalue weighted by atomic mass is 9.86. The standard InChI is InChI=1S/C22H22N2O7/c1-29-13-10-9-12(18(30-2)19(13)31-3)16-14-15(17(23-16)22(27)28)21(26)24(20(14)25)11-7-5-4-6-8-11/h4-10,14-17,23H,1-3H3,(H,27,28)/t14-,15-,16-,17-/m0/s1. The van der Waals surface area contributed by atoms with Gasteiger partial charge in [-0.1, -0.05) is 18.2 Å². The molecule has 2 heterocycles. The molecule has 2 saturated heterocycles. The molecule has 2 aromatic rings. The molecule has 0 bridgehead atoms. The van der Waals surface area contributed by atoms with Gasteiger partial charge in [-0.25, -0.2) is 4.90 Å². The number of fused-ring (bicyclic) bond motifs is 1. The largest absolute Gasteiger partial charge is 0.493 e. The van der Waals surface area contributed by atoms with Gasteiger partial charge in [0.2, 0.25) is 17.6 Å². The van der Waals surface area contributed by atoms with E-state index in [1.165, 1.54) is 21.3 Å². The monoisotopic (exact) mass is 426 g/mol. The summed E-state index contributed by atoms with van der Waals surface area (Å²) in [6, 6.07) is 9.83. The molecular formula is C22H22N2O7. The zero-order valence-electron chi connectivity index (χ0n) is 17.2. The number of carbonyl (C=O) groups is 3. The first kappa shape index (κ1) is 20.7. The summed E-state index contributed by atoms with van der Waals surface area (Å²) in [5.41, 5.74) is 0.920. The maximum Gasteiger partial charge on any atom is 0.321 e. The fourth-order valence-corrected chi connectivity index (χ4v) is 4.52. The lowest BCUT2D eigenvalue weighted by molar-refractivity contribution is -0.142. The summed E-state index contributed by atoms with van der Waals surface area (Å²) in [4.78, 5) is 39.6. The van der Waals surface area contributed by atoms with Crippen molar-refractivity contribution in [1.82, 2.24) is 5.32 Å². The van der Waals surface area contributed by atoms with Crippen molar-refractivity contribution in [2.24, 2.45) is 11.8 Å². The topological polar surface area (TPSA) is 114 Å². The van der Waals surface area contributed by atoms with Crippen LogP contribution in [0.3, 0.4) is 0 Å². The van der Waals surface area contributed by atoms with Crippen molar-refractivity contribution in [1.29, 1.82) is 0 Å². The van der Waals surface area contributed by atoms with Crippen molar-refractivity contribution in [3.63, 3.8) is 0 Å². The highest BCUT2D eigenvalue weighted by Crippen LogP contribution is 2.50. The van der Waals surface area contributed by atoms with Crippen LogP contribution in [0.1, 0.15) is 11.6 Å². The van der Waals surface area contributed by atoms with Gasteiger partial charge < -0.3 is 19.3 Å². The van der Waals surface area contributed by atoms with Gasteiger partial charge in [0.1, 0.15) is 6.04 Å². The van der Waals surface area contributed by atoms with Gasteiger partial charge in [-0.3, -0.25) is 19.7 Å². The van der Waals surface area contributed by atoms with E-state index in [4.69, 9.17) is 14.2 Å². The highest BCUT2D eigenvalue weighted by atomic mass is 16.5. The number of anilines is 1. The molecule has 0 aliphatic carbocycles. The molecule has 0 unspecified atom stereocenters. The molecule has 2 aliphatic heterocycles. The van der Waals surface area contributed by atoms with Crippen molar-refractivity contribution in [2.75, 3.05) is 26.2 Å². The molecule has 0 radical (unpaired) electrons. The molecule has 9 nitrogen and oxygen atoms in total. The van der Waals surface area contributed by atoms with Crippen LogP contribution in [0.2, 0.25) is 0 Å². The smallest absolute Gasteiger partial charge is 0.321 e. The van der Waals surface area contributed by atoms with Crippen LogP contribution in [-0.4, -0.2) is 50.3 Å². The molecule has 162 valence electrons. The second kappa shape index (κ2) is 7.92. The number of carboxylic acids is 1. The third kappa shape index (κ3) is 3.09. The molecule has 0 aromatic heterocycles. The highest BCUT2D eigenvalue weighted by molar-refractivity contribution is 6.23. The lowest BCUT2D eigenvalue weighted by Gasteiger charge is -2.24. The summed E-state index contributed by atoms with van der Waals surface area (Å²) in [6.45, 7) is 0. The van der Waals surface area contributed by atoms with E-state index in [0.717, 1.165) is 4.90 Å². The maximum atomic E-state index is 13.4. The molecule has 2 N–H and O–H groups in total. The molecule has 2 aromatic carbocycles. The van der Waals surface area contributed by atoms with E-state index in [2.05, 4.69) is 5.32 Å². The number of amides is 2. The lowest BCUT2D eigenvalue weighted by Crippen LogP contribution is -2.43. The number of benzene rings is 2. The van der Waals surface area contributed by atoms with Gasteiger partial charge in [-0.15, -0.1) is 0 Å². The number of hydrogen-bond donors (Lipinski definition) is 2. The summed E-state index contributed by atoms with van der Waals surface area (Å²) in [5.74, 6) is -3.12. The second-order valence-electron chi connectivity index (χ2n) is 7.28. The van der Waals surface area contributed by atoms with E-state index in [0.29, 0.717) is 28.5 Å². The van der Waals surface area contributed by atoms with Gasteiger partial charge in [-0.05, 0) is 24.3 Å². The number of hydrogen-bond acceptors (Lipinski definition) is 7. The fourth-order valence-electron chi connectivity index (χ4n) is 4.52. The van der Waals surface area contributed by atoms with Crippen molar-refractivity contribution in [2.45, 2.75) is 12.1 Å². The summed E-state index contributed by atoms with van der Waals surface area (Å²) in [5, 5.41) is 12.7. The normalized spacial score (nSPS) is 24.8. The van der Waals surface area contributed by atoms with Gasteiger partial charge in [0.25, 0.3) is 0 Å². The van der Waals surface area contributed by atoms with E-state index in [9.17, 15) is 19.5 Å². The Bertz CT molecular complexity index is 1040. The number of nitrogens with zero attached hydrogens (tertiary/aromatic N) is 1. The Balaban J connectivity index is 1.83. The minimum atomic E-state index is -1.22. The van der Waals surface area contributed by atoms with Gasteiger partial charge >= 0.3 is 5.97 Å². The molecule has 0 saturated carbocycles. The molecule has 4 rings (SSSR count). The Kier molecular flexibility index (Phi) is 5.28. The average Bonchev–Trinajstić information content (AvgIpc) is 3.30. The number of imide groups is 1. The number of nitrogens with one attached hydrogen (secondary N) is 1. The fraction of sp³-hybridized carbons (Fsp3) is 0.318. The molecule has 0 spiro atoms. The summed E-state index contributed by atoms with van der Waals surface area (Å²) in [6.07, 6.45) is 0. The minimum Gasteiger partial charge on any atom is -0.493 e. The van der Waals surface area contributed by atoms with Crippen LogP contribution < -0.4 is 24.4 Å². The minimum absolute atomic E-state index is 0.308. The van der Waals surface area contributed by atoms with Crippen LogP contribution in [-0.2, 0) is 14.4 Å². The predicted octanol–water partition coefficient (Wildman–Crippen LogP) is 1.62. The maximum absolute atomic E-state index is 13.4. The summed E-state index contributed by atoms with van der Waals surface area (Å²) < 4.78 is 16.3. The Morgan fingerprint density at radius 2 is 1.55 bits per heavy atom. The van der Waals surface area contributed by atoms with Gasteiger partial charge in [0.15, 0.2) is 11.5 Å². The van der Waals surface area contributed by atoms with Gasteiger partial charge in [-0.2, -0.15) is 0 Å². The first-order valence-electron chi connectivity index (χ1n) is 9.65. The second-order valence-corrected chi connectivity index (χ2v) is 7.28. The van der Waals surface area contributed by atoms with Crippen LogP contribution in [0.15, 0.2) is 42.5 Å². The molecule has 2 aliphatic rings. The zero-order valence-corrected chi connectivity index (χ0v) is 17.2. The Hall–Kier alpha value is -3.59. The van der Waals surface area contributed by atoms with Crippen LogP contribution in [0.5, 0.6) is 17.2 Å². The first-order valence-corrected chi connectivity index (χ1v) is 9.65. The number of carboxylic acid groups (broad SMARTS) is 1. The van der Waals surface area contributed by atoms with E-state index in [1.807, 2.05) is 0 Å². The van der Waals surface area contributed by atoms with E-state index in [1.54, 1.807) is 42.5 Å². The average molecular weight is 426 g/mol. The zero-order chi connectivity index (χ0) is 22.3. The highest BCUT2D eigenvalue weighted by Gasteiger charge is 2.61.